The third-order valence-corrected chi connectivity index (χ3v) is 2.14. The minimum Gasteiger partial charge on any atom is -0.385 e. The van der Waals surface area contributed by atoms with E-state index >= 15 is 0 Å². The second kappa shape index (κ2) is 4.82. The van der Waals surface area contributed by atoms with Crippen LogP contribution in [0.15, 0.2) is 24.3 Å². The summed E-state index contributed by atoms with van der Waals surface area (Å²) in [4.78, 5) is 20.7. The summed E-state index contributed by atoms with van der Waals surface area (Å²) in [7, 11) is 0. The van der Waals surface area contributed by atoms with E-state index in [1.807, 2.05) is 0 Å². The molecule has 2 N–H and O–H groups in total. The van der Waals surface area contributed by atoms with E-state index in [2.05, 4.69) is 0 Å². The first-order chi connectivity index (χ1) is 7.43. The summed E-state index contributed by atoms with van der Waals surface area (Å²) in [6.07, 6.45) is -3.01. The van der Waals surface area contributed by atoms with Gasteiger partial charge in [-0.3, -0.25) is 14.9 Å². The van der Waals surface area contributed by atoms with Crippen LogP contribution in [0.1, 0.15) is 18.6 Å². The molecule has 6 heteroatoms. The normalized spacial score (nSPS) is 14.2. The molecule has 1 rings (SSSR count). The molecule has 1 aromatic carbocycles. The zero-order valence-corrected chi connectivity index (χ0v) is 8.53. The van der Waals surface area contributed by atoms with Crippen LogP contribution in [0.2, 0.25) is 0 Å². The number of rotatable bonds is 4. The van der Waals surface area contributed by atoms with Gasteiger partial charge in [-0.15, -0.1) is 0 Å². The zero-order valence-electron chi connectivity index (χ0n) is 8.53. The number of non-ortho nitro benzene ring substituents is 1. The molecule has 0 saturated heterocycles. The summed E-state index contributed by atoms with van der Waals surface area (Å²) in [5.41, 5.74) is -0.0656. The topological polar surface area (TPSA) is 101 Å². The number of ketones is 1. The van der Waals surface area contributed by atoms with Crippen LogP contribution in [-0.2, 0) is 4.79 Å². The Morgan fingerprint density at radius 2 is 2.06 bits per heavy atom. The van der Waals surface area contributed by atoms with Crippen molar-refractivity contribution in [1.29, 1.82) is 0 Å². The highest BCUT2D eigenvalue weighted by molar-refractivity contribution is 5.81. The van der Waals surface area contributed by atoms with Crippen LogP contribution in [0.25, 0.3) is 0 Å². The maximum Gasteiger partial charge on any atom is 0.269 e. The third kappa shape index (κ3) is 2.62. The van der Waals surface area contributed by atoms with Crippen LogP contribution in [0, 0.1) is 10.1 Å². The summed E-state index contributed by atoms with van der Waals surface area (Å²) < 4.78 is 0. The van der Waals surface area contributed by atoms with Crippen molar-refractivity contribution in [1.82, 2.24) is 0 Å². The van der Waals surface area contributed by atoms with Gasteiger partial charge in [0.05, 0.1) is 4.92 Å². The van der Waals surface area contributed by atoms with E-state index in [9.17, 15) is 25.1 Å². The molecule has 2 atom stereocenters. The molecule has 86 valence electrons. The fourth-order valence-electron chi connectivity index (χ4n) is 1.23. The Balaban J connectivity index is 3.00. The minimum atomic E-state index is -1.57. The number of nitrogens with zero attached hydrogens (tertiary/aromatic N) is 1. The Labute approximate surface area is 91.3 Å². The molecule has 0 spiro atoms. The van der Waals surface area contributed by atoms with Crippen LogP contribution >= 0.6 is 0 Å². The van der Waals surface area contributed by atoms with Gasteiger partial charge in [-0.2, -0.15) is 0 Å². The minimum absolute atomic E-state index is 0.136. The lowest BCUT2D eigenvalue weighted by Crippen LogP contribution is -2.25. The number of hydrogen-bond donors (Lipinski definition) is 2. The molecule has 0 radical (unpaired) electrons. The molecule has 6 nitrogen and oxygen atoms in total. The maximum absolute atomic E-state index is 10.8. The molecular weight excluding hydrogens is 214 g/mol. The van der Waals surface area contributed by atoms with Crippen LogP contribution < -0.4 is 0 Å². The highest BCUT2D eigenvalue weighted by Gasteiger charge is 2.23. The zero-order chi connectivity index (χ0) is 12.3. The quantitative estimate of drug-likeness (QED) is 0.576. The predicted molar refractivity (Wildman–Crippen MR) is 54.7 cm³/mol. The van der Waals surface area contributed by atoms with E-state index in [-0.39, 0.29) is 11.3 Å². The smallest absolute Gasteiger partial charge is 0.269 e. The van der Waals surface area contributed by atoms with Gasteiger partial charge in [0.15, 0.2) is 5.78 Å². The van der Waals surface area contributed by atoms with Crippen molar-refractivity contribution in [2.24, 2.45) is 0 Å². The molecule has 16 heavy (non-hydrogen) atoms. The second-order valence-corrected chi connectivity index (χ2v) is 3.35. The molecule has 0 aromatic heterocycles. The number of benzene rings is 1. The van der Waals surface area contributed by atoms with Crippen LogP contribution in [0.5, 0.6) is 0 Å². The van der Waals surface area contributed by atoms with Gasteiger partial charge < -0.3 is 10.2 Å². The average molecular weight is 225 g/mol. The standard InChI is InChI=1S/C10H11NO5/c1-6(12)9(13)10(14)7-3-2-4-8(5-7)11(15)16/h2-5,9-10,13-14H,1H3/t9-,10+/m1/s1. The van der Waals surface area contributed by atoms with Gasteiger partial charge in [-0.25, -0.2) is 0 Å². The first-order valence-electron chi connectivity index (χ1n) is 4.54. The molecular formula is C10H11NO5. The van der Waals surface area contributed by atoms with Crippen molar-refractivity contribution in [3.8, 4) is 0 Å². The van der Waals surface area contributed by atoms with E-state index in [1.165, 1.54) is 18.2 Å². The largest absolute Gasteiger partial charge is 0.385 e. The molecule has 0 fully saturated rings. The average Bonchev–Trinajstić information content (AvgIpc) is 2.27. The summed E-state index contributed by atoms with van der Waals surface area (Å²) in [6, 6.07) is 5.17. The molecule has 0 heterocycles. The molecule has 0 aliphatic heterocycles. The monoisotopic (exact) mass is 225 g/mol. The Morgan fingerprint density at radius 3 is 2.56 bits per heavy atom. The van der Waals surface area contributed by atoms with Gasteiger partial charge in [0, 0.05) is 12.1 Å². The van der Waals surface area contributed by atoms with Gasteiger partial charge in [0.2, 0.25) is 0 Å². The number of nitro benzene ring substituents is 1. The Bertz CT molecular complexity index is 417. The molecule has 0 aliphatic rings. The maximum atomic E-state index is 10.8. The Kier molecular flexibility index (Phi) is 3.70. The van der Waals surface area contributed by atoms with Crippen molar-refractivity contribution < 1.29 is 19.9 Å². The number of aliphatic hydroxyl groups is 2. The van der Waals surface area contributed by atoms with Crippen LogP contribution in [-0.4, -0.2) is 27.0 Å². The highest BCUT2D eigenvalue weighted by Crippen LogP contribution is 2.21. The molecule has 0 amide bonds. The summed E-state index contributed by atoms with van der Waals surface area (Å²) >= 11 is 0. The Hall–Kier alpha value is -1.79. The molecule has 1 aromatic rings. The molecule has 0 unspecified atom stereocenters. The summed E-state index contributed by atoms with van der Waals surface area (Å²) in [5, 5.41) is 29.4. The van der Waals surface area contributed by atoms with Crippen molar-refractivity contribution in [3.63, 3.8) is 0 Å². The molecule has 0 saturated carbocycles. The number of aliphatic hydroxyl groups excluding tert-OH is 2. The van der Waals surface area contributed by atoms with E-state index in [1.54, 1.807) is 0 Å². The summed E-state index contributed by atoms with van der Waals surface area (Å²) in [6.45, 7) is 1.13. The first kappa shape index (κ1) is 12.3. The van der Waals surface area contributed by atoms with Crippen molar-refractivity contribution in [2.75, 3.05) is 0 Å². The van der Waals surface area contributed by atoms with Crippen molar-refractivity contribution in [2.45, 2.75) is 19.1 Å². The fraction of sp³-hybridized carbons (Fsp3) is 0.300. The fourth-order valence-corrected chi connectivity index (χ4v) is 1.23. The molecule has 0 aliphatic carbocycles. The van der Waals surface area contributed by atoms with Gasteiger partial charge in [-0.05, 0) is 12.5 Å². The number of hydrogen-bond acceptors (Lipinski definition) is 5. The van der Waals surface area contributed by atoms with E-state index in [4.69, 9.17) is 0 Å². The van der Waals surface area contributed by atoms with Crippen molar-refractivity contribution >= 4 is 11.5 Å². The predicted octanol–water partition coefficient (Wildman–Crippen LogP) is 0.578. The first-order valence-corrected chi connectivity index (χ1v) is 4.54. The Morgan fingerprint density at radius 1 is 1.44 bits per heavy atom. The molecule has 0 bridgehead atoms. The van der Waals surface area contributed by atoms with Crippen LogP contribution in [0.3, 0.4) is 0 Å². The van der Waals surface area contributed by atoms with E-state index in [0.717, 1.165) is 13.0 Å². The van der Waals surface area contributed by atoms with Crippen molar-refractivity contribution in [3.05, 3.63) is 39.9 Å². The van der Waals surface area contributed by atoms with Gasteiger partial charge in [0.1, 0.15) is 12.2 Å². The number of carbonyl (C=O) groups is 1. The van der Waals surface area contributed by atoms with Gasteiger partial charge in [-0.1, -0.05) is 12.1 Å². The number of Topliss-reactive ketones (excluding diaryl/α,β-unsaturated/α-hetero) is 1. The van der Waals surface area contributed by atoms with Gasteiger partial charge >= 0.3 is 0 Å². The van der Waals surface area contributed by atoms with E-state index in [0.29, 0.717) is 0 Å². The SMILES string of the molecule is CC(=O)[C@@H](O)[C@@H](O)c1cccc([N+](=O)[O-])c1. The number of carbonyl (C=O) groups excluding carboxylic acids is 1. The number of nitro groups is 1. The highest BCUT2D eigenvalue weighted by atomic mass is 16.6. The lowest BCUT2D eigenvalue weighted by atomic mass is 10.0. The van der Waals surface area contributed by atoms with E-state index < -0.39 is 22.9 Å². The summed E-state index contributed by atoms with van der Waals surface area (Å²) in [5.74, 6) is -0.598. The second-order valence-electron chi connectivity index (χ2n) is 3.35. The third-order valence-electron chi connectivity index (χ3n) is 2.14. The lowest BCUT2D eigenvalue weighted by molar-refractivity contribution is -0.385. The van der Waals surface area contributed by atoms with Crippen LogP contribution in [0.4, 0.5) is 5.69 Å². The lowest BCUT2D eigenvalue weighted by Gasteiger charge is -2.14. The van der Waals surface area contributed by atoms with Gasteiger partial charge in [0.25, 0.3) is 5.69 Å².